The summed E-state index contributed by atoms with van der Waals surface area (Å²) in [6, 6.07) is 6.27. The fourth-order valence-electron chi connectivity index (χ4n) is 5.18. The van der Waals surface area contributed by atoms with E-state index in [9.17, 15) is 17.4 Å². The van der Waals surface area contributed by atoms with Crippen molar-refractivity contribution < 1.29 is 26.1 Å². The third-order valence-corrected chi connectivity index (χ3v) is 9.70. The van der Waals surface area contributed by atoms with Crippen molar-refractivity contribution in [3.63, 3.8) is 0 Å². The van der Waals surface area contributed by atoms with Crippen molar-refractivity contribution in [3.05, 3.63) is 47.2 Å². The summed E-state index contributed by atoms with van der Waals surface area (Å²) < 4.78 is 54.7. The van der Waals surface area contributed by atoms with Gasteiger partial charge in [-0.15, -0.1) is 10.8 Å². The lowest BCUT2D eigenvalue weighted by Crippen LogP contribution is -2.56. The van der Waals surface area contributed by atoms with Gasteiger partial charge in [-0.2, -0.15) is 8.59 Å². The van der Waals surface area contributed by atoms with E-state index >= 15 is 0 Å². The van der Waals surface area contributed by atoms with Crippen LogP contribution in [-0.4, -0.2) is 87.7 Å². The highest BCUT2D eigenvalue weighted by atomic mass is 32.2. The molecule has 2 atom stereocenters. The second kappa shape index (κ2) is 10.5. The molecular formula is C25H27N7O6S2. The summed E-state index contributed by atoms with van der Waals surface area (Å²) in [6.07, 6.45) is 6.81. The number of likely N-dealkylation sites (N-methyl/N-ethyl adjacent to an activating group) is 1. The number of hydrogen-bond donors (Lipinski definition) is 2. The molecule has 6 rings (SSSR count). The SMILES string of the molecule is C#Cc1ccc2[nH]c(S(=O)(=O)N3CCN(C(=O)c4nc5c(o4)CN(C)CC5)C(CCC4=NS(=O)ON4)C3)cc2c1. The number of hydrogen-bond acceptors (Lipinski definition) is 9. The smallest absolute Gasteiger partial charge is 0.310 e. The van der Waals surface area contributed by atoms with Gasteiger partial charge in [0.15, 0.2) is 0 Å². The molecule has 1 aromatic carbocycles. The second-order valence-electron chi connectivity index (χ2n) is 9.95. The van der Waals surface area contributed by atoms with Crippen molar-refractivity contribution in [1.29, 1.82) is 0 Å². The van der Waals surface area contributed by atoms with Crippen LogP contribution in [-0.2, 0) is 38.5 Å². The molecule has 15 heteroatoms. The zero-order valence-electron chi connectivity index (χ0n) is 21.6. The highest BCUT2D eigenvalue weighted by molar-refractivity contribution is 7.89. The molecule has 2 N–H and O–H groups in total. The first-order valence-corrected chi connectivity index (χ1v) is 15.2. The van der Waals surface area contributed by atoms with E-state index in [0.717, 1.165) is 12.2 Å². The van der Waals surface area contributed by atoms with Gasteiger partial charge < -0.3 is 14.3 Å². The molecule has 3 aliphatic rings. The molecule has 0 saturated carbocycles. The van der Waals surface area contributed by atoms with Crippen molar-refractivity contribution in [3.8, 4) is 12.3 Å². The first-order chi connectivity index (χ1) is 19.2. The molecule has 0 aliphatic carbocycles. The zero-order valence-corrected chi connectivity index (χ0v) is 23.3. The third-order valence-electron chi connectivity index (χ3n) is 7.32. The number of terminal acetylenes is 1. The first-order valence-electron chi connectivity index (χ1n) is 12.7. The molecule has 0 spiro atoms. The molecule has 2 aromatic heterocycles. The molecule has 210 valence electrons. The molecule has 1 saturated heterocycles. The van der Waals surface area contributed by atoms with E-state index in [-0.39, 0.29) is 30.6 Å². The molecule has 1 amide bonds. The number of nitrogens with one attached hydrogen (secondary N) is 2. The molecule has 5 heterocycles. The molecule has 1 fully saturated rings. The minimum atomic E-state index is -3.92. The van der Waals surface area contributed by atoms with E-state index < -0.39 is 33.2 Å². The van der Waals surface area contributed by atoms with Crippen LogP contribution in [0.3, 0.4) is 0 Å². The maximum Gasteiger partial charge on any atom is 0.310 e. The number of amidine groups is 1. The number of oxazole rings is 1. The predicted octanol–water partition coefficient (Wildman–Crippen LogP) is 0.933. The standard InChI is InChI=1S/C25H27N7O6S2/c1-3-16-4-6-19-17(12-16)13-23(26-19)40(35,36)31-10-11-32(18(14-31)5-7-22-28-38-39(34)29-22)25(33)24-27-20-8-9-30(2)15-21(20)37-24/h1,4,6,12-13,18,26H,5,7-11,14-15H2,2H3,(H,28,29). The summed E-state index contributed by atoms with van der Waals surface area (Å²) in [6.45, 7) is 1.66. The molecule has 40 heavy (non-hydrogen) atoms. The fourth-order valence-corrected chi connectivity index (χ4v) is 7.18. The number of benzene rings is 1. The van der Waals surface area contributed by atoms with Crippen molar-refractivity contribution >= 4 is 43.9 Å². The number of fused-ring (bicyclic) bond motifs is 2. The summed E-state index contributed by atoms with van der Waals surface area (Å²) in [5.41, 5.74) is 4.59. The average Bonchev–Trinajstić information content (AvgIpc) is 3.68. The Balaban J connectivity index is 1.26. The lowest BCUT2D eigenvalue weighted by molar-refractivity contribution is 0.0511. The van der Waals surface area contributed by atoms with Gasteiger partial charge in [-0.3, -0.25) is 9.69 Å². The third kappa shape index (κ3) is 5.04. The lowest BCUT2D eigenvalue weighted by atomic mass is 10.1. The maximum atomic E-state index is 13.7. The zero-order chi connectivity index (χ0) is 28.0. The van der Waals surface area contributed by atoms with E-state index in [1.165, 1.54) is 4.31 Å². The van der Waals surface area contributed by atoms with Crippen LogP contribution in [0.5, 0.6) is 0 Å². The second-order valence-corrected chi connectivity index (χ2v) is 12.6. The molecule has 0 radical (unpaired) electrons. The number of aromatic nitrogens is 2. The molecule has 13 nitrogen and oxygen atoms in total. The number of nitrogens with zero attached hydrogens (tertiary/aromatic N) is 5. The molecule has 2 unspecified atom stereocenters. The van der Waals surface area contributed by atoms with Gasteiger partial charge in [-0.25, -0.2) is 23.1 Å². The summed E-state index contributed by atoms with van der Waals surface area (Å²) in [4.78, 5) is 24.7. The molecule has 3 aliphatic heterocycles. The summed E-state index contributed by atoms with van der Waals surface area (Å²) in [7, 11) is -1.95. The van der Waals surface area contributed by atoms with Crippen molar-refractivity contribution in [2.75, 3.05) is 33.2 Å². The minimum absolute atomic E-state index is 0.00214. The Morgan fingerprint density at radius 3 is 2.90 bits per heavy atom. The van der Waals surface area contributed by atoms with Crippen LogP contribution in [0.2, 0.25) is 0 Å². The van der Waals surface area contributed by atoms with Crippen molar-refractivity contribution in [2.45, 2.75) is 36.9 Å². The average molecular weight is 586 g/mol. The Bertz CT molecular complexity index is 1690. The number of sulfonamides is 1. The Morgan fingerprint density at radius 2 is 2.12 bits per heavy atom. The Hall–Kier alpha value is -3.55. The van der Waals surface area contributed by atoms with E-state index in [2.05, 4.69) is 30.7 Å². The first kappa shape index (κ1) is 26.7. The van der Waals surface area contributed by atoms with Crippen LogP contribution in [0.25, 0.3) is 10.9 Å². The number of rotatable bonds is 6. The normalized spacial score (nSPS) is 22.1. The van der Waals surface area contributed by atoms with Gasteiger partial charge in [0, 0.05) is 61.5 Å². The number of carbonyl (C=O) groups excluding carboxylic acids is 1. The van der Waals surface area contributed by atoms with Crippen LogP contribution >= 0.6 is 0 Å². The number of piperazine rings is 1. The number of carbonyl (C=O) groups is 1. The van der Waals surface area contributed by atoms with Crippen LogP contribution in [0.1, 0.15) is 40.5 Å². The summed E-state index contributed by atoms with van der Waals surface area (Å²) >= 11 is -1.82. The predicted molar refractivity (Wildman–Crippen MR) is 145 cm³/mol. The van der Waals surface area contributed by atoms with E-state index in [1.54, 1.807) is 29.2 Å². The Labute approximate surface area is 233 Å². The van der Waals surface area contributed by atoms with E-state index in [0.29, 0.717) is 53.9 Å². The number of aromatic amines is 1. The van der Waals surface area contributed by atoms with Gasteiger partial charge in [0.1, 0.15) is 16.6 Å². The van der Waals surface area contributed by atoms with E-state index in [1.807, 2.05) is 7.05 Å². The Kier molecular flexibility index (Phi) is 6.97. The van der Waals surface area contributed by atoms with Gasteiger partial charge >= 0.3 is 17.2 Å². The van der Waals surface area contributed by atoms with Crippen LogP contribution in [0.15, 0.2) is 38.1 Å². The van der Waals surface area contributed by atoms with E-state index in [4.69, 9.17) is 15.1 Å². The monoisotopic (exact) mass is 585 g/mol. The maximum absolute atomic E-state index is 13.7. The Morgan fingerprint density at radius 1 is 1.27 bits per heavy atom. The van der Waals surface area contributed by atoms with Gasteiger partial charge in [0.25, 0.3) is 15.9 Å². The van der Waals surface area contributed by atoms with Crippen molar-refractivity contribution in [1.82, 2.24) is 29.6 Å². The fraction of sp³-hybridized carbons (Fsp3) is 0.400. The quantitative estimate of drug-likeness (QED) is 0.402. The van der Waals surface area contributed by atoms with Crippen LogP contribution in [0, 0.1) is 12.3 Å². The topological polar surface area (TPSA) is 153 Å². The lowest BCUT2D eigenvalue weighted by Gasteiger charge is -2.40. The van der Waals surface area contributed by atoms with Crippen molar-refractivity contribution in [2.24, 2.45) is 4.40 Å². The van der Waals surface area contributed by atoms with Gasteiger partial charge in [-0.05, 0) is 37.7 Å². The van der Waals surface area contributed by atoms with Gasteiger partial charge in [0.2, 0.25) is 0 Å². The number of H-pyrrole nitrogens is 1. The minimum Gasteiger partial charge on any atom is -0.436 e. The molecular weight excluding hydrogens is 558 g/mol. The van der Waals surface area contributed by atoms with Gasteiger partial charge in [0.05, 0.1) is 12.2 Å². The molecule has 0 bridgehead atoms. The van der Waals surface area contributed by atoms with Crippen LogP contribution < -0.4 is 5.48 Å². The highest BCUT2D eigenvalue weighted by Gasteiger charge is 2.39. The largest absolute Gasteiger partial charge is 0.436 e. The number of hydroxylamine groups is 1. The molecule has 3 aromatic rings. The summed E-state index contributed by atoms with van der Waals surface area (Å²) in [5.74, 6) is 3.19. The number of amides is 1. The van der Waals surface area contributed by atoms with Gasteiger partial charge in [-0.1, -0.05) is 5.92 Å². The highest BCUT2D eigenvalue weighted by Crippen LogP contribution is 2.27. The van der Waals surface area contributed by atoms with Crippen LogP contribution in [0.4, 0.5) is 0 Å². The summed E-state index contributed by atoms with van der Waals surface area (Å²) in [5, 5.41) is 0.738.